The van der Waals surface area contributed by atoms with Crippen LogP contribution in [0, 0.1) is 11.7 Å². The number of aromatic nitrogens is 1. The van der Waals surface area contributed by atoms with E-state index in [1.54, 1.807) is 18.2 Å². The lowest BCUT2D eigenvalue weighted by Gasteiger charge is -2.35. The summed E-state index contributed by atoms with van der Waals surface area (Å²) in [5.74, 6) is -0.876. The van der Waals surface area contributed by atoms with Crippen LogP contribution in [0.5, 0.6) is 0 Å². The standard InChI is InChI=1S/C25H27F4N3O/c26-21-6-3-4-18(14-21)8-11-31-12-9-19(10-13-31)16-32(17-25(27,28)29)24(33)23-15-20-5-1-2-7-22(20)30-23/h1-7,14-15,19,30H,8-13,16-17H2. The zero-order valence-electron chi connectivity index (χ0n) is 18.2. The molecule has 0 atom stereocenters. The van der Waals surface area contributed by atoms with E-state index in [4.69, 9.17) is 0 Å². The number of hydrogen-bond acceptors (Lipinski definition) is 2. The number of fused-ring (bicyclic) bond motifs is 1. The molecule has 2 aromatic carbocycles. The molecule has 3 aromatic rings. The number of para-hydroxylation sites is 1. The maximum Gasteiger partial charge on any atom is 0.406 e. The maximum atomic E-state index is 13.3. The number of aromatic amines is 1. The molecule has 0 unspecified atom stereocenters. The molecule has 4 nitrogen and oxygen atoms in total. The minimum absolute atomic E-state index is 0.00565. The van der Waals surface area contributed by atoms with E-state index in [9.17, 15) is 22.4 Å². The lowest BCUT2D eigenvalue weighted by Crippen LogP contribution is -2.44. The predicted octanol–water partition coefficient (Wildman–Crippen LogP) is 5.27. The molecular weight excluding hydrogens is 434 g/mol. The van der Waals surface area contributed by atoms with Gasteiger partial charge in [0.15, 0.2) is 0 Å². The Kier molecular flexibility index (Phi) is 7.02. The van der Waals surface area contributed by atoms with Crippen LogP contribution in [0.3, 0.4) is 0 Å². The van der Waals surface area contributed by atoms with Crippen LogP contribution in [-0.4, -0.2) is 59.6 Å². The first-order valence-corrected chi connectivity index (χ1v) is 11.2. The largest absolute Gasteiger partial charge is 0.406 e. The van der Waals surface area contributed by atoms with Crippen LogP contribution in [0.15, 0.2) is 54.6 Å². The molecule has 1 aliphatic heterocycles. The average molecular weight is 462 g/mol. The smallest absolute Gasteiger partial charge is 0.351 e. The van der Waals surface area contributed by atoms with E-state index >= 15 is 0 Å². The van der Waals surface area contributed by atoms with Gasteiger partial charge in [-0.05, 0) is 68.1 Å². The quantitative estimate of drug-likeness (QED) is 0.487. The Bertz CT molecular complexity index is 1050. The Labute approximate surface area is 190 Å². The number of nitrogens with one attached hydrogen (secondary N) is 1. The molecule has 1 N–H and O–H groups in total. The molecule has 176 valence electrons. The summed E-state index contributed by atoms with van der Waals surface area (Å²) in [6, 6.07) is 15.4. The van der Waals surface area contributed by atoms with Crippen LogP contribution in [0.2, 0.25) is 0 Å². The molecule has 4 rings (SSSR count). The Hall–Kier alpha value is -2.87. The third-order valence-corrected chi connectivity index (χ3v) is 6.21. The van der Waals surface area contributed by atoms with E-state index in [1.807, 2.05) is 24.3 Å². The van der Waals surface area contributed by atoms with Gasteiger partial charge >= 0.3 is 6.18 Å². The summed E-state index contributed by atoms with van der Waals surface area (Å²) in [5.41, 5.74) is 1.82. The Morgan fingerprint density at radius 1 is 1.06 bits per heavy atom. The molecule has 8 heteroatoms. The second-order valence-electron chi connectivity index (χ2n) is 8.74. The molecule has 0 spiro atoms. The number of carbonyl (C=O) groups excluding carboxylic acids is 1. The molecule has 0 saturated carbocycles. The number of likely N-dealkylation sites (tertiary alicyclic amines) is 1. The summed E-state index contributed by atoms with van der Waals surface area (Å²) in [4.78, 5) is 19.1. The monoisotopic (exact) mass is 461 g/mol. The lowest BCUT2D eigenvalue weighted by atomic mass is 9.95. The van der Waals surface area contributed by atoms with Gasteiger partial charge in [-0.25, -0.2) is 4.39 Å². The zero-order chi connectivity index (χ0) is 23.4. The first-order valence-electron chi connectivity index (χ1n) is 11.2. The topological polar surface area (TPSA) is 39.3 Å². The first-order chi connectivity index (χ1) is 15.8. The summed E-state index contributed by atoms with van der Waals surface area (Å²) in [5, 5.41) is 0.791. The number of piperidine rings is 1. The Balaban J connectivity index is 1.35. The SMILES string of the molecule is O=C(c1cc2ccccc2[nH]1)N(CC1CCN(CCc2cccc(F)c2)CC1)CC(F)(F)F. The predicted molar refractivity (Wildman–Crippen MR) is 120 cm³/mol. The van der Waals surface area contributed by atoms with E-state index in [0.717, 1.165) is 60.3 Å². The molecule has 0 bridgehead atoms. The minimum Gasteiger partial charge on any atom is -0.351 e. The number of halogens is 4. The number of benzene rings is 2. The van der Waals surface area contributed by atoms with Crippen molar-refractivity contribution in [1.29, 1.82) is 0 Å². The Morgan fingerprint density at radius 2 is 1.82 bits per heavy atom. The van der Waals surface area contributed by atoms with Gasteiger partial charge < -0.3 is 14.8 Å². The van der Waals surface area contributed by atoms with E-state index in [1.165, 1.54) is 12.1 Å². The van der Waals surface area contributed by atoms with E-state index in [2.05, 4.69) is 9.88 Å². The number of alkyl halides is 3. The number of carbonyl (C=O) groups is 1. The van der Waals surface area contributed by atoms with Gasteiger partial charge in [-0.3, -0.25) is 4.79 Å². The number of rotatable bonds is 7. The molecule has 1 fully saturated rings. The number of hydrogen-bond donors (Lipinski definition) is 1. The summed E-state index contributed by atoms with van der Waals surface area (Å²) >= 11 is 0. The van der Waals surface area contributed by atoms with Gasteiger partial charge in [0.1, 0.15) is 18.1 Å². The normalized spacial score (nSPS) is 15.8. The van der Waals surface area contributed by atoms with Crippen LogP contribution < -0.4 is 0 Å². The third kappa shape index (κ3) is 6.35. The summed E-state index contributed by atoms with van der Waals surface area (Å²) in [7, 11) is 0. The molecule has 0 radical (unpaired) electrons. The highest BCUT2D eigenvalue weighted by Crippen LogP contribution is 2.24. The van der Waals surface area contributed by atoms with Crippen molar-refractivity contribution in [1.82, 2.24) is 14.8 Å². The van der Waals surface area contributed by atoms with Gasteiger partial charge in [-0.1, -0.05) is 30.3 Å². The van der Waals surface area contributed by atoms with Crippen molar-refractivity contribution >= 4 is 16.8 Å². The molecule has 1 amide bonds. The lowest BCUT2D eigenvalue weighted by molar-refractivity contribution is -0.142. The molecule has 1 aromatic heterocycles. The van der Waals surface area contributed by atoms with Crippen molar-refractivity contribution in [3.63, 3.8) is 0 Å². The van der Waals surface area contributed by atoms with Crippen LogP contribution in [0.4, 0.5) is 17.6 Å². The molecular formula is C25H27F4N3O. The van der Waals surface area contributed by atoms with Crippen LogP contribution in [0.1, 0.15) is 28.9 Å². The Morgan fingerprint density at radius 3 is 2.52 bits per heavy atom. The molecule has 0 aliphatic carbocycles. The minimum atomic E-state index is -4.46. The third-order valence-electron chi connectivity index (χ3n) is 6.21. The van der Waals surface area contributed by atoms with Crippen molar-refractivity contribution in [3.8, 4) is 0 Å². The number of H-pyrrole nitrogens is 1. The van der Waals surface area contributed by atoms with Crippen molar-refractivity contribution in [2.45, 2.75) is 25.4 Å². The van der Waals surface area contributed by atoms with Gasteiger partial charge in [0.25, 0.3) is 5.91 Å². The van der Waals surface area contributed by atoms with Crippen LogP contribution in [-0.2, 0) is 6.42 Å². The highest BCUT2D eigenvalue weighted by Gasteiger charge is 2.35. The number of nitrogens with zero attached hydrogens (tertiary/aromatic N) is 2. The van der Waals surface area contributed by atoms with Gasteiger partial charge in [-0.15, -0.1) is 0 Å². The van der Waals surface area contributed by atoms with Crippen molar-refractivity contribution in [3.05, 3.63) is 71.7 Å². The second kappa shape index (κ2) is 9.95. The molecule has 33 heavy (non-hydrogen) atoms. The van der Waals surface area contributed by atoms with E-state index < -0.39 is 18.6 Å². The van der Waals surface area contributed by atoms with Crippen LogP contribution in [0.25, 0.3) is 10.9 Å². The fraction of sp³-hybridized carbons (Fsp3) is 0.400. The van der Waals surface area contributed by atoms with E-state index in [0.29, 0.717) is 0 Å². The van der Waals surface area contributed by atoms with Crippen molar-refractivity contribution < 1.29 is 22.4 Å². The number of amides is 1. The summed E-state index contributed by atoms with van der Waals surface area (Å²) in [6.07, 6.45) is -2.30. The average Bonchev–Trinajstić information content (AvgIpc) is 3.21. The van der Waals surface area contributed by atoms with E-state index in [-0.39, 0.29) is 24.0 Å². The van der Waals surface area contributed by atoms with Crippen molar-refractivity contribution in [2.24, 2.45) is 5.92 Å². The zero-order valence-corrected chi connectivity index (χ0v) is 18.2. The summed E-state index contributed by atoms with van der Waals surface area (Å²) < 4.78 is 53.1. The van der Waals surface area contributed by atoms with Gasteiger partial charge in [0.05, 0.1) is 0 Å². The van der Waals surface area contributed by atoms with Crippen molar-refractivity contribution in [2.75, 3.05) is 32.7 Å². The van der Waals surface area contributed by atoms with Gasteiger partial charge in [-0.2, -0.15) is 13.2 Å². The summed E-state index contributed by atoms with van der Waals surface area (Å²) in [6.45, 7) is 1.09. The highest BCUT2D eigenvalue weighted by atomic mass is 19.4. The van der Waals surface area contributed by atoms with Crippen LogP contribution >= 0.6 is 0 Å². The van der Waals surface area contributed by atoms with Gasteiger partial charge in [0.2, 0.25) is 0 Å². The fourth-order valence-corrected chi connectivity index (χ4v) is 4.48. The highest BCUT2D eigenvalue weighted by molar-refractivity contribution is 5.98. The first kappa shape index (κ1) is 23.3. The molecule has 1 saturated heterocycles. The van der Waals surface area contributed by atoms with Gasteiger partial charge in [0, 0.05) is 24.0 Å². The maximum absolute atomic E-state index is 13.3. The second-order valence-corrected chi connectivity index (χ2v) is 8.74. The molecule has 2 heterocycles. The molecule has 1 aliphatic rings. The fourth-order valence-electron chi connectivity index (χ4n) is 4.48.